The van der Waals surface area contributed by atoms with Gasteiger partial charge in [0.15, 0.2) is 0 Å². The minimum absolute atomic E-state index is 0.931. The van der Waals surface area contributed by atoms with Crippen molar-refractivity contribution in [2.45, 2.75) is 20.3 Å². The van der Waals surface area contributed by atoms with Crippen molar-refractivity contribution in [1.82, 2.24) is 0 Å². The van der Waals surface area contributed by atoms with E-state index < -0.39 is 15.4 Å². The third-order valence-corrected chi connectivity index (χ3v) is 0. The van der Waals surface area contributed by atoms with Gasteiger partial charge in [-0.1, -0.05) is 20.3 Å². The molecule has 0 spiro atoms. The second kappa shape index (κ2) is 16.4. The summed E-state index contributed by atoms with van der Waals surface area (Å²) in [6.45, 7) is 4.25. The van der Waals surface area contributed by atoms with E-state index in [0.29, 0.717) is 0 Å². The van der Waals surface area contributed by atoms with E-state index in [4.69, 9.17) is 19.3 Å². The fraction of sp³-hybridized carbons (Fsp3) is 1.00. The van der Waals surface area contributed by atoms with E-state index in [-0.39, 0.29) is 0 Å². The summed E-state index contributed by atoms with van der Waals surface area (Å²) in [5, 5.41) is 0. The molecular formula is C3H9Cl2Ga. The van der Waals surface area contributed by atoms with Crippen LogP contribution in [0.1, 0.15) is 20.3 Å². The van der Waals surface area contributed by atoms with Crippen LogP contribution in [0.4, 0.5) is 0 Å². The maximum absolute atomic E-state index is 4.95. The fourth-order valence-corrected chi connectivity index (χ4v) is 0. The normalized spacial score (nSPS) is 5.33. The van der Waals surface area contributed by atoms with Crippen LogP contribution >= 0.6 is 19.3 Å². The van der Waals surface area contributed by atoms with E-state index in [1.54, 1.807) is 0 Å². The first kappa shape index (κ1) is 10.2. The van der Waals surface area contributed by atoms with Gasteiger partial charge in [0.05, 0.1) is 0 Å². The molecule has 0 radical (unpaired) electrons. The quantitative estimate of drug-likeness (QED) is 0.508. The Balaban J connectivity index is 0. The Kier molecular flexibility index (Phi) is 27.9. The Morgan fingerprint density at radius 1 is 1.33 bits per heavy atom. The van der Waals surface area contributed by atoms with Gasteiger partial charge in [-0.15, -0.1) is 0 Å². The van der Waals surface area contributed by atoms with E-state index in [1.165, 1.54) is 6.42 Å². The number of hydrogen-bond donors (Lipinski definition) is 0. The van der Waals surface area contributed by atoms with Crippen LogP contribution in [0, 0.1) is 0 Å². The fourth-order valence-electron chi connectivity index (χ4n) is 0. The first-order chi connectivity index (χ1) is 2.83. The van der Waals surface area contributed by atoms with Crippen molar-refractivity contribution in [3.63, 3.8) is 0 Å². The molecule has 0 aliphatic rings. The van der Waals surface area contributed by atoms with Crippen molar-refractivity contribution in [1.29, 1.82) is 0 Å². The van der Waals surface area contributed by atoms with E-state index in [9.17, 15) is 0 Å². The third kappa shape index (κ3) is 62.7. The second-order valence-electron chi connectivity index (χ2n) is 0.808. The van der Waals surface area contributed by atoms with Crippen LogP contribution in [-0.2, 0) is 0 Å². The van der Waals surface area contributed by atoms with Gasteiger partial charge in [0.1, 0.15) is 0 Å². The summed E-state index contributed by atoms with van der Waals surface area (Å²) in [5.41, 5.74) is 0. The number of halogens is 2. The SMILES string of the molecule is CCC.[Cl][GaH][Cl]. The number of hydrogen-bond acceptors (Lipinski definition) is 0. The molecule has 0 saturated heterocycles. The van der Waals surface area contributed by atoms with Gasteiger partial charge in [0.25, 0.3) is 0 Å². The van der Waals surface area contributed by atoms with Crippen LogP contribution in [0.15, 0.2) is 0 Å². The van der Waals surface area contributed by atoms with Gasteiger partial charge in [-0.25, -0.2) is 0 Å². The van der Waals surface area contributed by atoms with Crippen LogP contribution in [0.2, 0.25) is 0 Å². The van der Waals surface area contributed by atoms with Crippen LogP contribution in [-0.4, -0.2) is 15.4 Å². The molecule has 0 amide bonds. The second-order valence-corrected chi connectivity index (χ2v) is 5.43. The van der Waals surface area contributed by atoms with Crippen molar-refractivity contribution in [3.8, 4) is 0 Å². The number of rotatable bonds is 0. The monoisotopic (exact) mass is 184 g/mol. The predicted molar refractivity (Wildman–Crippen MR) is 34.8 cm³/mol. The van der Waals surface area contributed by atoms with Gasteiger partial charge in [-0.05, 0) is 0 Å². The molecule has 0 aromatic rings. The Morgan fingerprint density at radius 2 is 1.33 bits per heavy atom. The third-order valence-electron chi connectivity index (χ3n) is 0. The molecule has 0 aromatic heterocycles. The summed E-state index contributed by atoms with van der Waals surface area (Å²) < 4.78 is 0. The van der Waals surface area contributed by atoms with E-state index in [2.05, 4.69) is 13.8 Å². The summed E-state index contributed by atoms with van der Waals surface area (Å²) in [4.78, 5) is 0. The topological polar surface area (TPSA) is 0 Å². The summed E-state index contributed by atoms with van der Waals surface area (Å²) in [6.07, 6.45) is 1.25. The molecule has 0 rings (SSSR count). The molecule has 0 bridgehead atoms. The molecular weight excluding hydrogens is 177 g/mol. The molecule has 38 valence electrons. The zero-order valence-corrected chi connectivity index (χ0v) is 8.65. The van der Waals surface area contributed by atoms with Crippen LogP contribution in [0.25, 0.3) is 0 Å². The molecule has 3 heteroatoms. The van der Waals surface area contributed by atoms with E-state index >= 15 is 0 Å². The Hall–Kier alpha value is 1.22. The van der Waals surface area contributed by atoms with Crippen molar-refractivity contribution in [2.24, 2.45) is 0 Å². The van der Waals surface area contributed by atoms with Crippen LogP contribution < -0.4 is 0 Å². The molecule has 0 nitrogen and oxygen atoms in total. The summed E-state index contributed by atoms with van der Waals surface area (Å²) in [7, 11) is 9.90. The molecule has 0 aliphatic carbocycles. The first-order valence-electron chi connectivity index (χ1n) is 1.95. The van der Waals surface area contributed by atoms with Crippen molar-refractivity contribution in [2.75, 3.05) is 0 Å². The summed E-state index contributed by atoms with van der Waals surface area (Å²) in [6, 6.07) is 0. The molecule has 0 aliphatic heterocycles. The molecule has 6 heavy (non-hydrogen) atoms. The Bertz CT molecular complexity index is 10.8. The first-order valence-corrected chi connectivity index (χ1v) is 9.75. The molecule has 0 fully saturated rings. The predicted octanol–water partition coefficient (Wildman–Crippen LogP) is 2.15. The van der Waals surface area contributed by atoms with Gasteiger partial charge in [-0.3, -0.25) is 0 Å². The molecule has 0 unspecified atom stereocenters. The Labute approximate surface area is 55.0 Å². The van der Waals surface area contributed by atoms with Crippen molar-refractivity contribution >= 4 is 34.7 Å². The molecule has 0 heterocycles. The van der Waals surface area contributed by atoms with E-state index in [1.807, 2.05) is 0 Å². The average molecular weight is 186 g/mol. The molecule has 0 atom stereocenters. The molecule has 0 saturated carbocycles. The van der Waals surface area contributed by atoms with Gasteiger partial charge >= 0.3 is 34.7 Å². The van der Waals surface area contributed by atoms with Crippen LogP contribution in [0.5, 0.6) is 0 Å². The van der Waals surface area contributed by atoms with E-state index in [0.717, 1.165) is 0 Å². The average Bonchev–Trinajstić information content (AvgIpc) is 1.39. The molecule has 0 N–H and O–H groups in total. The molecule has 0 aromatic carbocycles. The zero-order chi connectivity index (χ0) is 5.41. The van der Waals surface area contributed by atoms with Gasteiger partial charge in [-0.2, -0.15) is 0 Å². The van der Waals surface area contributed by atoms with Gasteiger partial charge < -0.3 is 0 Å². The van der Waals surface area contributed by atoms with Crippen molar-refractivity contribution in [3.05, 3.63) is 0 Å². The summed E-state index contributed by atoms with van der Waals surface area (Å²) in [5.74, 6) is 0. The minimum atomic E-state index is -0.931. The zero-order valence-electron chi connectivity index (χ0n) is 4.17. The van der Waals surface area contributed by atoms with Crippen molar-refractivity contribution < 1.29 is 0 Å². The van der Waals surface area contributed by atoms with Crippen LogP contribution in [0.3, 0.4) is 0 Å². The van der Waals surface area contributed by atoms with Gasteiger partial charge in [0.2, 0.25) is 0 Å². The standard InChI is InChI=1S/C3H8.2ClH.Ga.H/c1-3-2;;;;/h3H2,1-2H3;2*1H;;/q;;;+2;/p-2. The van der Waals surface area contributed by atoms with Gasteiger partial charge in [0, 0.05) is 0 Å². The Morgan fingerprint density at radius 3 is 1.33 bits per heavy atom. The maximum atomic E-state index is 4.95. The summed E-state index contributed by atoms with van der Waals surface area (Å²) >= 11 is -0.931.